The van der Waals surface area contributed by atoms with E-state index in [1.165, 1.54) is 4.90 Å². The van der Waals surface area contributed by atoms with Gasteiger partial charge in [-0.3, -0.25) is 4.79 Å². The summed E-state index contributed by atoms with van der Waals surface area (Å²) in [5.74, 6) is 0.529. The summed E-state index contributed by atoms with van der Waals surface area (Å²) in [6.45, 7) is 4.75. The fourth-order valence-electron chi connectivity index (χ4n) is 3.19. The van der Waals surface area contributed by atoms with Crippen LogP contribution in [0.15, 0.2) is 94.5 Å². The van der Waals surface area contributed by atoms with E-state index in [2.05, 4.69) is 27.8 Å². The van der Waals surface area contributed by atoms with Crippen LogP contribution in [-0.4, -0.2) is 41.4 Å². The molecule has 166 valence electrons. The van der Waals surface area contributed by atoms with E-state index in [4.69, 9.17) is 4.42 Å². The van der Waals surface area contributed by atoms with Gasteiger partial charge in [-0.2, -0.15) is 0 Å². The first-order valence-electron chi connectivity index (χ1n) is 10.3. The van der Waals surface area contributed by atoms with Crippen molar-refractivity contribution in [2.45, 2.75) is 13.0 Å². The Bertz CT molecular complexity index is 1020. The highest BCUT2D eigenvalue weighted by Crippen LogP contribution is 2.21. The predicted octanol–water partition coefficient (Wildman–Crippen LogP) is 5.33. The summed E-state index contributed by atoms with van der Waals surface area (Å²) in [7, 11) is 0. The number of nitrogens with one attached hydrogen (secondary N) is 1. The first kappa shape index (κ1) is 23.3. The van der Waals surface area contributed by atoms with E-state index in [9.17, 15) is 9.59 Å². The molecule has 0 aliphatic rings. The predicted molar refractivity (Wildman–Crippen MR) is 129 cm³/mol. The maximum atomic E-state index is 13.2. The van der Waals surface area contributed by atoms with E-state index in [0.717, 1.165) is 10.0 Å². The van der Waals surface area contributed by atoms with Crippen LogP contribution < -0.4 is 5.32 Å². The van der Waals surface area contributed by atoms with E-state index >= 15 is 0 Å². The normalized spacial score (nSPS) is 10.4. The molecule has 0 fully saturated rings. The topological polar surface area (TPSA) is 65.8 Å². The molecule has 6 nitrogen and oxygen atoms in total. The zero-order chi connectivity index (χ0) is 22.8. The number of carbonyl (C=O) groups is 2. The quantitative estimate of drug-likeness (QED) is 0.386. The second-order valence-corrected chi connectivity index (χ2v) is 8.06. The van der Waals surface area contributed by atoms with Crippen molar-refractivity contribution in [2.24, 2.45) is 0 Å². The standard InChI is InChI=1S/C25H26BrN3O3/c1-2-15-29(25(31)27-23-13-7-6-12-22(23)26)19-24(30)28(18-21-11-8-17-32-21)16-14-20-9-4-3-5-10-20/h2-13,17H,1,14-16,18-19H2,(H,27,31). The highest BCUT2D eigenvalue weighted by atomic mass is 79.9. The fraction of sp³-hybridized carbons (Fsp3) is 0.200. The first-order valence-corrected chi connectivity index (χ1v) is 11.1. The summed E-state index contributed by atoms with van der Waals surface area (Å²) in [6, 6.07) is 20.6. The van der Waals surface area contributed by atoms with Gasteiger partial charge < -0.3 is 19.5 Å². The average Bonchev–Trinajstić information content (AvgIpc) is 3.31. The summed E-state index contributed by atoms with van der Waals surface area (Å²) >= 11 is 3.42. The molecule has 0 saturated heterocycles. The Kier molecular flexibility index (Phi) is 8.69. The number of anilines is 1. The molecule has 0 bridgehead atoms. The van der Waals surface area contributed by atoms with E-state index in [1.54, 1.807) is 29.4 Å². The average molecular weight is 496 g/mol. The number of furan rings is 1. The van der Waals surface area contributed by atoms with Crippen LogP contribution in [0.1, 0.15) is 11.3 Å². The number of benzene rings is 2. The van der Waals surface area contributed by atoms with Gasteiger partial charge in [0.1, 0.15) is 12.3 Å². The van der Waals surface area contributed by atoms with Crippen LogP contribution in [0.2, 0.25) is 0 Å². The highest BCUT2D eigenvalue weighted by molar-refractivity contribution is 9.10. The summed E-state index contributed by atoms with van der Waals surface area (Å²) in [4.78, 5) is 29.2. The van der Waals surface area contributed by atoms with Crippen LogP contribution in [0.3, 0.4) is 0 Å². The lowest BCUT2D eigenvalue weighted by atomic mass is 10.1. The van der Waals surface area contributed by atoms with E-state index in [1.807, 2.05) is 54.6 Å². The molecule has 0 saturated carbocycles. The number of amides is 3. The van der Waals surface area contributed by atoms with Crippen molar-refractivity contribution in [1.29, 1.82) is 0 Å². The van der Waals surface area contributed by atoms with Crippen molar-refractivity contribution < 1.29 is 14.0 Å². The van der Waals surface area contributed by atoms with Crippen LogP contribution in [0, 0.1) is 0 Å². The van der Waals surface area contributed by atoms with Gasteiger partial charge in [0, 0.05) is 17.6 Å². The molecular formula is C25H26BrN3O3. The maximum absolute atomic E-state index is 13.2. The smallest absolute Gasteiger partial charge is 0.322 e. The monoisotopic (exact) mass is 495 g/mol. The minimum Gasteiger partial charge on any atom is -0.467 e. The van der Waals surface area contributed by atoms with Crippen molar-refractivity contribution in [3.05, 3.63) is 101 Å². The van der Waals surface area contributed by atoms with Gasteiger partial charge in [0.2, 0.25) is 5.91 Å². The molecule has 0 aliphatic carbocycles. The van der Waals surface area contributed by atoms with Gasteiger partial charge in [-0.15, -0.1) is 6.58 Å². The SMILES string of the molecule is C=CCN(CC(=O)N(CCc1ccccc1)Cc1ccco1)C(=O)Nc1ccccc1Br. The third kappa shape index (κ3) is 6.85. The summed E-state index contributed by atoms with van der Waals surface area (Å²) < 4.78 is 6.21. The fourth-order valence-corrected chi connectivity index (χ4v) is 3.57. The summed E-state index contributed by atoms with van der Waals surface area (Å²) in [5, 5.41) is 2.85. The lowest BCUT2D eigenvalue weighted by Gasteiger charge is -2.27. The molecule has 1 heterocycles. The Hall–Kier alpha value is -3.32. The Labute approximate surface area is 196 Å². The largest absolute Gasteiger partial charge is 0.467 e. The van der Waals surface area contributed by atoms with Gasteiger partial charge in [-0.1, -0.05) is 48.5 Å². The number of halogens is 1. The molecule has 1 aromatic heterocycles. The van der Waals surface area contributed by atoms with Crippen LogP contribution >= 0.6 is 15.9 Å². The van der Waals surface area contributed by atoms with Crippen LogP contribution in [0.5, 0.6) is 0 Å². The molecule has 3 aromatic rings. The Morgan fingerprint density at radius 3 is 2.44 bits per heavy atom. The molecule has 1 N–H and O–H groups in total. The van der Waals surface area contributed by atoms with Gasteiger partial charge in [-0.25, -0.2) is 4.79 Å². The molecule has 7 heteroatoms. The Balaban J connectivity index is 1.69. The highest BCUT2D eigenvalue weighted by Gasteiger charge is 2.22. The van der Waals surface area contributed by atoms with Crippen molar-refractivity contribution in [1.82, 2.24) is 9.80 Å². The maximum Gasteiger partial charge on any atom is 0.322 e. The van der Waals surface area contributed by atoms with Gasteiger partial charge in [0.15, 0.2) is 0 Å². The molecular weight excluding hydrogens is 470 g/mol. The van der Waals surface area contributed by atoms with Gasteiger partial charge >= 0.3 is 6.03 Å². The first-order chi connectivity index (χ1) is 15.6. The zero-order valence-electron chi connectivity index (χ0n) is 17.7. The zero-order valence-corrected chi connectivity index (χ0v) is 19.3. The minimum atomic E-state index is -0.369. The number of nitrogens with zero attached hydrogens (tertiary/aromatic N) is 2. The Morgan fingerprint density at radius 1 is 1.00 bits per heavy atom. The van der Waals surface area contributed by atoms with Crippen LogP contribution in [-0.2, 0) is 17.8 Å². The molecule has 0 atom stereocenters. The number of hydrogen-bond donors (Lipinski definition) is 1. The molecule has 0 radical (unpaired) electrons. The van der Waals surface area contributed by atoms with Gasteiger partial charge in [0.05, 0.1) is 18.5 Å². The number of rotatable bonds is 10. The minimum absolute atomic E-state index is 0.0716. The third-order valence-corrected chi connectivity index (χ3v) is 5.56. The molecule has 3 amide bonds. The number of urea groups is 1. The van der Waals surface area contributed by atoms with Gasteiger partial charge in [-0.05, 0) is 52.2 Å². The second kappa shape index (κ2) is 11.9. The number of para-hydroxylation sites is 1. The molecule has 0 unspecified atom stereocenters. The molecule has 32 heavy (non-hydrogen) atoms. The van der Waals surface area contributed by atoms with E-state index < -0.39 is 0 Å². The van der Waals surface area contributed by atoms with Gasteiger partial charge in [0.25, 0.3) is 0 Å². The van der Waals surface area contributed by atoms with Crippen molar-refractivity contribution in [3.8, 4) is 0 Å². The van der Waals surface area contributed by atoms with Crippen LogP contribution in [0.25, 0.3) is 0 Å². The molecule has 0 aliphatic heterocycles. The van der Waals surface area contributed by atoms with Crippen molar-refractivity contribution in [2.75, 3.05) is 25.0 Å². The van der Waals surface area contributed by atoms with Crippen molar-refractivity contribution in [3.63, 3.8) is 0 Å². The van der Waals surface area contributed by atoms with Crippen LogP contribution in [0.4, 0.5) is 10.5 Å². The molecule has 0 spiro atoms. The van der Waals surface area contributed by atoms with E-state index in [0.29, 0.717) is 31.0 Å². The molecule has 2 aromatic carbocycles. The lowest BCUT2D eigenvalue weighted by Crippen LogP contribution is -2.45. The van der Waals surface area contributed by atoms with E-state index in [-0.39, 0.29) is 25.0 Å². The lowest BCUT2D eigenvalue weighted by molar-refractivity contribution is -0.132. The second-order valence-electron chi connectivity index (χ2n) is 7.21. The number of hydrogen-bond acceptors (Lipinski definition) is 3. The molecule has 3 rings (SSSR count). The summed E-state index contributed by atoms with van der Waals surface area (Å²) in [6.07, 6.45) is 3.90. The number of carbonyl (C=O) groups excluding carboxylic acids is 2. The third-order valence-electron chi connectivity index (χ3n) is 4.87. The Morgan fingerprint density at radius 2 is 1.75 bits per heavy atom. The summed E-state index contributed by atoms with van der Waals surface area (Å²) in [5.41, 5.74) is 1.77. The van der Waals surface area contributed by atoms with Crippen molar-refractivity contribution >= 4 is 33.6 Å².